The molecule has 118 valence electrons. The molecule has 0 spiro atoms. The number of benzene rings is 2. The number of hydrogen-bond acceptors (Lipinski definition) is 3. The maximum Gasteiger partial charge on any atom is 0.123 e. The Morgan fingerprint density at radius 3 is 2.52 bits per heavy atom. The van der Waals surface area contributed by atoms with Crippen molar-refractivity contribution < 1.29 is 4.39 Å². The molecule has 3 rings (SSSR count). The highest BCUT2D eigenvalue weighted by Gasteiger charge is 2.15. The van der Waals surface area contributed by atoms with Crippen molar-refractivity contribution in [2.24, 2.45) is 5.73 Å². The molecule has 3 aromatic rings. The highest BCUT2D eigenvalue weighted by Crippen LogP contribution is 2.20. The minimum Gasteiger partial charge on any atom is -0.325 e. The monoisotopic (exact) mass is 310 g/mol. The maximum atomic E-state index is 13.1. The van der Waals surface area contributed by atoms with Crippen LogP contribution in [-0.2, 0) is 19.4 Å². The Morgan fingerprint density at radius 1 is 1.09 bits per heavy atom. The average molecular weight is 310 g/mol. The van der Waals surface area contributed by atoms with E-state index in [9.17, 15) is 4.39 Å². The first-order chi connectivity index (χ1) is 11.2. The lowest BCUT2D eigenvalue weighted by molar-refractivity contribution is 0.627. The zero-order valence-corrected chi connectivity index (χ0v) is 13.0. The van der Waals surface area contributed by atoms with E-state index in [0.29, 0.717) is 13.0 Å². The van der Waals surface area contributed by atoms with Crippen molar-refractivity contribution in [1.82, 2.24) is 15.0 Å². The van der Waals surface area contributed by atoms with Gasteiger partial charge in [-0.1, -0.05) is 42.5 Å². The third-order valence-electron chi connectivity index (χ3n) is 3.92. The molecule has 0 aliphatic carbocycles. The lowest BCUT2D eigenvalue weighted by Gasteiger charge is -2.11. The Balaban J connectivity index is 2.05. The van der Waals surface area contributed by atoms with Gasteiger partial charge >= 0.3 is 0 Å². The first-order valence-corrected chi connectivity index (χ1v) is 7.69. The van der Waals surface area contributed by atoms with E-state index in [-0.39, 0.29) is 5.82 Å². The molecule has 5 heteroatoms. The van der Waals surface area contributed by atoms with Gasteiger partial charge in [0.1, 0.15) is 11.5 Å². The molecule has 0 saturated carbocycles. The Bertz CT molecular complexity index is 793. The van der Waals surface area contributed by atoms with Crippen molar-refractivity contribution in [2.45, 2.75) is 26.3 Å². The minimum absolute atomic E-state index is 0.240. The summed E-state index contributed by atoms with van der Waals surface area (Å²) < 4.78 is 15.0. The van der Waals surface area contributed by atoms with Gasteiger partial charge in [-0.2, -0.15) is 0 Å². The van der Waals surface area contributed by atoms with Crippen molar-refractivity contribution in [1.29, 1.82) is 0 Å². The van der Waals surface area contributed by atoms with Crippen molar-refractivity contribution >= 4 is 0 Å². The average Bonchev–Trinajstić information content (AvgIpc) is 2.99. The van der Waals surface area contributed by atoms with Crippen LogP contribution in [0.3, 0.4) is 0 Å². The Hall–Kier alpha value is -2.53. The van der Waals surface area contributed by atoms with E-state index in [4.69, 9.17) is 5.73 Å². The summed E-state index contributed by atoms with van der Waals surface area (Å²) in [5, 5.41) is 8.51. The molecule has 0 aliphatic heterocycles. The van der Waals surface area contributed by atoms with Crippen LogP contribution < -0.4 is 5.73 Å². The number of nitrogens with zero attached hydrogens (tertiary/aromatic N) is 3. The summed E-state index contributed by atoms with van der Waals surface area (Å²) in [6.45, 7) is 2.43. The molecule has 0 atom stereocenters. The summed E-state index contributed by atoms with van der Waals surface area (Å²) in [4.78, 5) is 0. The van der Waals surface area contributed by atoms with Crippen LogP contribution in [0.5, 0.6) is 0 Å². The minimum atomic E-state index is -0.240. The molecule has 2 N–H and O–H groups in total. The van der Waals surface area contributed by atoms with E-state index in [0.717, 1.165) is 29.1 Å². The second-order valence-corrected chi connectivity index (χ2v) is 5.38. The van der Waals surface area contributed by atoms with Gasteiger partial charge in [0.25, 0.3) is 0 Å². The van der Waals surface area contributed by atoms with E-state index in [1.165, 1.54) is 17.7 Å². The fourth-order valence-electron chi connectivity index (χ4n) is 2.67. The Morgan fingerprint density at radius 2 is 1.83 bits per heavy atom. The maximum absolute atomic E-state index is 13.1. The normalized spacial score (nSPS) is 10.9. The van der Waals surface area contributed by atoms with Crippen LogP contribution in [0.2, 0.25) is 0 Å². The summed E-state index contributed by atoms with van der Waals surface area (Å²) in [7, 11) is 0. The number of rotatable bonds is 5. The highest BCUT2D eigenvalue weighted by molar-refractivity contribution is 5.42. The topological polar surface area (TPSA) is 56.7 Å². The highest BCUT2D eigenvalue weighted by atomic mass is 19.1. The SMILES string of the molecule is CCc1ccccc1-n1nnc(CN)c1Cc1ccc(F)cc1. The Kier molecular flexibility index (Phi) is 4.48. The summed E-state index contributed by atoms with van der Waals surface area (Å²) in [6.07, 6.45) is 1.52. The first-order valence-electron chi connectivity index (χ1n) is 7.69. The molecule has 0 aliphatic rings. The summed E-state index contributed by atoms with van der Waals surface area (Å²) in [5.41, 5.74) is 10.7. The molecule has 0 fully saturated rings. The molecule has 0 radical (unpaired) electrons. The van der Waals surface area contributed by atoms with Crippen molar-refractivity contribution in [2.75, 3.05) is 0 Å². The van der Waals surface area contributed by atoms with Gasteiger partial charge in [0.2, 0.25) is 0 Å². The molecule has 4 nitrogen and oxygen atoms in total. The van der Waals surface area contributed by atoms with Gasteiger partial charge in [0.05, 0.1) is 11.4 Å². The number of aryl methyl sites for hydroxylation is 1. The number of halogens is 1. The lowest BCUT2D eigenvalue weighted by Crippen LogP contribution is -2.08. The van der Waals surface area contributed by atoms with Crippen LogP contribution in [0, 0.1) is 5.82 Å². The molecule has 1 aromatic heterocycles. The first kappa shape index (κ1) is 15.4. The predicted octanol–water partition coefficient (Wildman–Crippen LogP) is 3.02. The number of hydrogen-bond donors (Lipinski definition) is 1. The van der Waals surface area contributed by atoms with E-state index in [2.05, 4.69) is 23.3 Å². The molecule has 1 heterocycles. The number of nitrogens with two attached hydrogens (primary N) is 1. The third kappa shape index (κ3) is 3.14. The molecule has 2 aromatic carbocycles. The van der Waals surface area contributed by atoms with Crippen molar-refractivity contribution in [3.8, 4) is 5.69 Å². The predicted molar refractivity (Wildman–Crippen MR) is 87.8 cm³/mol. The molecule has 0 bridgehead atoms. The molecular weight excluding hydrogens is 291 g/mol. The molecular formula is C18H19FN4. The molecule has 23 heavy (non-hydrogen) atoms. The number of aromatic nitrogens is 3. The molecule has 0 saturated heterocycles. The quantitative estimate of drug-likeness (QED) is 0.788. The van der Waals surface area contributed by atoms with Crippen LogP contribution in [0.1, 0.15) is 29.4 Å². The standard InChI is InChI=1S/C18H19FN4/c1-2-14-5-3-4-6-17(14)23-18(16(12-20)21-22-23)11-13-7-9-15(19)10-8-13/h3-10H,2,11-12,20H2,1H3. The molecule has 0 unspecified atom stereocenters. The van der Waals surface area contributed by atoms with Crippen LogP contribution >= 0.6 is 0 Å². The zero-order valence-electron chi connectivity index (χ0n) is 13.0. The smallest absolute Gasteiger partial charge is 0.123 e. The van der Waals surface area contributed by atoms with Gasteiger partial charge in [0, 0.05) is 13.0 Å². The number of para-hydroxylation sites is 1. The van der Waals surface area contributed by atoms with Crippen molar-refractivity contribution in [3.63, 3.8) is 0 Å². The van der Waals surface area contributed by atoms with Crippen LogP contribution in [0.25, 0.3) is 5.69 Å². The fraction of sp³-hybridized carbons (Fsp3) is 0.222. The van der Waals surface area contributed by atoms with Gasteiger partial charge in [-0.25, -0.2) is 9.07 Å². The van der Waals surface area contributed by atoms with Crippen LogP contribution in [0.4, 0.5) is 4.39 Å². The largest absolute Gasteiger partial charge is 0.325 e. The second kappa shape index (κ2) is 6.71. The van der Waals surface area contributed by atoms with Gasteiger partial charge in [-0.15, -0.1) is 5.10 Å². The summed E-state index contributed by atoms with van der Waals surface area (Å²) in [5.74, 6) is -0.240. The van der Waals surface area contributed by atoms with E-state index in [1.807, 2.05) is 22.9 Å². The summed E-state index contributed by atoms with van der Waals surface area (Å²) in [6, 6.07) is 14.6. The Labute approximate surface area is 134 Å². The van der Waals surface area contributed by atoms with Gasteiger partial charge in [-0.3, -0.25) is 0 Å². The summed E-state index contributed by atoms with van der Waals surface area (Å²) >= 11 is 0. The van der Waals surface area contributed by atoms with E-state index < -0.39 is 0 Å². The van der Waals surface area contributed by atoms with Gasteiger partial charge < -0.3 is 5.73 Å². The fourth-order valence-corrected chi connectivity index (χ4v) is 2.67. The van der Waals surface area contributed by atoms with Crippen molar-refractivity contribution in [3.05, 3.63) is 76.9 Å². The van der Waals surface area contributed by atoms with Gasteiger partial charge in [-0.05, 0) is 35.7 Å². The van der Waals surface area contributed by atoms with E-state index in [1.54, 1.807) is 12.1 Å². The van der Waals surface area contributed by atoms with E-state index >= 15 is 0 Å². The van der Waals surface area contributed by atoms with Gasteiger partial charge in [0.15, 0.2) is 0 Å². The lowest BCUT2D eigenvalue weighted by atomic mass is 10.1. The van der Waals surface area contributed by atoms with Crippen LogP contribution in [-0.4, -0.2) is 15.0 Å². The second-order valence-electron chi connectivity index (χ2n) is 5.38. The van der Waals surface area contributed by atoms with Crippen LogP contribution in [0.15, 0.2) is 48.5 Å². The third-order valence-corrected chi connectivity index (χ3v) is 3.92. The molecule has 0 amide bonds. The zero-order chi connectivity index (χ0) is 16.2.